The van der Waals surface area contributed by atoms with E-state index >= 15 is 0 Å². The highest BCUT2D eigenvalue weighted by Crippen LogP contribution is 2.23. The maximum absolute atomic E-state index is 11.2. The van der Waals surface area contributed by atoms with Gasteiger partial charge in [-0.25, -0.2) is 4.79 Å². The molecule has 0 fully saturated rings. The van der Waals surface area contributed by atoms with Gasteiger partial charge in [0.1, 0.15) is 6.04 Å². The van der Waals surface area contributed by atoms with E-state index in [-0.39, 0.29) is 12.0 Å². The van der Waals surface area contributed by atoms with Crippen LogP contribution in [-0.4, -0.2) is 19.1 Å². The predicted octanol–water partition coefficient (Wildman–Crippen LogP) is 2.62. The molecule has 0 saturated heterocycles. The molecule has 0 aliphatic rings. The lowest BCUT2D eigenvalue weighted by Gasteiger charge is -2.15. The first kappa shape index (κ1) is 11.9. The average molecular weight is 228 g/mol. The van der Waals surface area contributed by atoms with Gasteiger partial charge in [0.25, 0.3) is 0 Å². The third kappa shape index (κ3) is 2.86. The van der Waals surface area contributed by atoms with Crippen LogP contribution in [0.5, 0.6) is 0 Å². The van der Waals surface area contributed by atoms with Crippen molar-refractivity contribution in [1.29, 1.82) is 0 Å². The molecule has 1 aromatic rings. The Labute approximate surface area is 94.4 Å². The van der Waals surface area contributed by atoms with Crippen molar-refractivity contribution in [2.75, 3.05) is 12.4 Å². The van der Waals surface area contributed by atoms with E-state index in [0.717, 1.165) is 11.3 Å². The second-order valence-electron chi connectivity index (χ2n) is 3.30. The van der Waals surface area contributed by atoms with Crippen LogP contribution in [0.2, 0.25) is 5.02 Å². The summed E-state index contributed by atoms with van der Waals surface area (Å²) in [6.45, 7) is 3.64. The topological polar surface area (TPSA) is 38.3 Å². The molecule has 0 spiro atoms. The van der Waals surface area contributed by atoms with Crippen molar-refractivity contribution in [2.24, 2.45) is 0 Å². The van der Waals surface area contributed by atoms with Crippen LogP contribution in [0.4, 0.5) is 5.69 Å². The molecule has 1 atom stereocenters. The lowest BCUT2D eigenvalue weighted by atomic mass is 10.2. The van der Waals surface area contributed by atoms with Crippen LogP contribution in [0, 0.1) is 6.92 Å². The molecule has 0 aromatic heterocycles. The molecule has 1 rings (SSSR count). The fraction of sp³-hybridized carbons (Fsp3) is 0.364. The van der Waals surface area contributed by atoms with Gasteiger partial charge < -0.3 is 10.1 Å². The van der Waals surface area contributed by atoms with Gasteiger partial charge in [-0.2, -0.15) is 0 Å². The van der Waals surface area contributed by atoms with Gasteiger partial charge in [-0.15, -0.1) is 0 Å². The molecule has 0 aliphatic heterocycles. The molecule has 0 saturated carbocycles. The van der Waals surface area contributed by atoms with E-state index in [1.165, 1.54) is 7.11 Å². The smallest absolute Gasteiger partial charge is 0.327 e. The zero-order chi connectivity index (χ0) is 11.4. The van der Waals surface area contributed by atoms with Crippen molar-refractivity contribution in [3.8, 4) is 0 Å². The summed E-state index contributed by atoms with van der Waals surface area (Å²) in [5.74, 6) is -0.297. The first-order chi connectivity index (χ1) is 7.06. The molecule has 1 N–H and O–H groups in total. The maximum Gasteiger partial charge on any atom is 0.327 e. The Balaban J connectivity index is 2.81. The summed E-state index contributed by atoms with van der Waals surface area (Å²) in [6, 6.07) is 5.14. The minimum absolute atomic E-state index is 0.297. The second-order valence-corrected chi connectivity index (χ2v) is 3.71. The molecule has 1 aromatic carbocycles. The number of anilines is 1. The number of esters is 1. The summed E-state index contributed by atoms with van der Waals surface area (Å²) >= 11 is 5.95. The first-order valence-corrected chi connectivity index (χ1v) is 5.03. The van der Waals surface area contributed by atoms with Crippen LogP contribution in [0.1, 0.15) is 12.5 Å². The van der Waals surface area contributed by atoms with Crippen LogP contribution < -0.4 is 5.32 Å². The number of nitrogens with one attached hydrogen (secondary N) is 1. The molecular formula is C11H14ClNO2. The molecule has 0 bridgehead atoms. The van der Waals surface area contributed by atoms with Gasteiger partial charge >= 0.3 is 5.97 Å². The molecule has 4 heteroatoms. The molecule has 0 aliphatic carbocycles. The van der Waals surface area contributed by atoms with Crippen LogP contribution in [0.3, 0.4) is 0 Å². The Morgan fingerprint density at radius 3 is 2.80 bits per heavy atom. The molecule has 0 unspecified atom stereocenters. The molecule has 3 nitrogen and oxygen atoms in total. The minimum Gasteiger partial charge on any atom is -0.467 e. The number of carbonyl (C=O) groups excluding carboxylic acids is 1. The highest BCUT2D eigenvalue weighted by Gasteiger charge is 2.13. The molecule has 0 radical (unpaired) electrons. The van der Waals surface area contributed by atoms with Crippen molar-refractivity contribution in [2.45, 2.75) is 19.9 Å². The summed E-state index contributed by atoms with van der Waals surface area (Å²) in [6.07, 6.45) is 0. The van der Waals surface area contributed by atoms with Crippen LogP contribution in [0.25, 0.3) is 0 Å². The quantitative estimate of drug-likeness (QED) is 0.807. The Morgan fingerprint density at radius 2 is 2.20 bits per heavy atom. The Morgan fingerprint density at radius 1 is 1.53 bits per heavy atom. The summed E-state index contributed by atoms with van der Waals surface area (Å²) in [7, 11) is 1.37. The van der Waals surface area contributed by atoms with Gasteiger partial charge in [-0.1, -0.05) is 17.7 Å². The van der Waals surface area contributed by atoms with Gasteiger partial charge in [-0.05, 0) is 31.5 Å². The van der Waals surface area contributed by atoms with E-state index in [0.29, 0.717) is 5.02 Å². The maximum atomic E-state index is 11.2. The van der Waals surface area contributed by atoms with Gasteiger partial charge in [0.2, 0.25) is 0 Å². The highest BCUT2D eigenvalue weighted by molar-refractivity contribution is 6.31. The lowest BCUT2D eigenvalue weighted by molar-refractivity contribution is -0.141. The Hall–Kier alpha value is -1.22. The molecule has 0 amide bonds. The zero-order valence-electron chi connectivity index (χ0n) is 9.00. The predicted molar refractivity (Wildman–Crippen MR) is 61.3 cm³/mol. The number of hydrogen-bond acceptors (Lipinski definition) is 3. The molecule has 0 heterocycles. The largest absolute Gasteiger partial charge is 0.467 e. The highest BCUT2D eigenvalue weighted by atomic mass is 35.5. The minimum atomic E-state index is -0.382. The van der Waals surface area contributed by atoms with Crippen LogP contribution in [-0.2, 0) is 9.53 Å². The monoisotopic (exact) mass is 227 g/mol. The zero-order valence-corrected chi connectivity index (χ0v) is 9.76. The Kier molecular flexibility index (Phi) is 3.97. The molecule has 82 valence electrons. The van der Waals surface area contributed by atoms with Crippen molar-refractivity contribution in [3.05, 3.63) is 28.8 Å². The van der Waals surface area contributed by atoms with E-state index in [2.05, 4.69) is 10.1 Å². The number of ether oxygens (including phenoxy) is 1. The summed E-state index contributed by atoms with van der Waals surface area (Å²) < 4.78 is 4.62. The van der Waals surface area contributed by atoms with E-state index in [1.54, 1.807) is 6.92 Å². The first-order valence-electron chi connectivity index (χ1n) is 4.65. The van der Waals surface area contributed by atoms with Gasteiger partial charge in [0, 0.05) is 10.7 Å². The number of hydrogen-bond donors (Lipinski definition) is 1. The van der Waals surface area contributed by atoms with Crippen molar-refractivity contribution < 1.29 is 9.53 Å². The van der Waals surface area contributed by atoms with E-state index in [1.807, 2.05) is 25.1 Å². The van der Waals surface area contributed by atoms with Crippen molar-refractivity contribution in [3.63, 3.8) is 0 Å². The summed E-state index contributed by atoms with van der Waals surface area (Å²) in [5.41, 5.74) is 1.77. The number of benzene rings is 1. The average Bonchev–Trinajstić information content (AvgIpc) is 2.23. The SMILES string of the molecule is COC(=O)[C@H](C)Nc1cccc(Cl)c1C. The van der Waals surface area contributed by atoms with Gasteiger partial charge in [-0.3, -0.25) is 0 Å². The summed E-state index contributed by atoms with van der Waals surface area (Å²) in [5, 5.41) is 3.72. The third-order valence-corrected chi connectivity index (χ3v) is 2.60. The standard InChI is InChI=1S/C11H14ClNO2/c1-7-9(12)5-4-6-10(7)13-8(2)11(14)15-3/h4-6,8,13H,1-3H3/t8-/m0/s1. The fourth-order valence-electron chi connectivity index (χ4n) is 1.23. The summed E-state index contributed by atoms with van der Waals surface area (Å²) in [4.78, 5) is 11.2. The van der Waals surface area contributed by atoms with E-state index < -0.39 is 0 Å². The normalized spacial score (nSPS) is 12.0. The lowest BCUT2D eigenvalue weighted by Crippen LogP contribution is -2.27. The number of halogens is 1. The Bertz CT molecular complexity index is 366. The molecule has 15 heavy (non-hydrogen) atoms. The van der Waals surface area contributed by atoms with E-state index in [4.69, 9.17) is 11.6 Å². The van der Waals surface area contributed by atoms with Crippen LogP contribution >= 0.6 is 11.6 Å². The number of rotatable bonds is 3. The number of methoxy groups -OCH3 is 1. The van der Waals surface area contributed by atoms with E-state index in [9.17, 15) is 4.79 Å². The second kappa shape index (κ2) is 5.03. The van der Waals surface area contributed by atoms with Crippen LogP contribution in [0.15, 0.2) is 18.2 Å². The van der Waals surface area contributed by atoms with Crippen molar-refractivity contribution >= 4 is 23.3 Å². The third-order valence-electron chi connectivity index (χ3n) is 2.19. The van der Waals surface area contributed by atoms with Crippen molar-refractivity contribution in [1.82, 2.24) is 0 Å². The number of carbonyl (C=O) groups is 1. The fourth-order valence-corrected chi connectivity index (χ4v) is 1.41. The molecular weight excluding hydrogens is 214 g/mol. The van der Waals surface area contributed by atoms with Gasteiger partial charge in [0.05, 0.1) is 7.11 Å². The van der Waals surface area contributed by atoms with Gasteiger partial charge in [0.15, 0.2) is 0 Å².